The standard InChI is InChI=1S/C25H27NO3S/c1-17(2)20-9-5-7-11-23(20)29-16-19-15-18(13-14-22(19)28-3)25(27)26-21-10-6-8-12-24(21)30-4/h5-15,17H,16H2,1-4H3,(H,26,27). The molecular weight excluding hydrogens is 394 g/mol. The third-order valence-electron chi connectivity index (χ3n) is 4.82. The number of carbonyl (C=O) groups is 1. The Bertz CT molecular complexity index is 1020. The average Bonchev–Trinajstić information content (AvgIpc) is 2.77. The first-order valence-electron chi connectivity index (χ1n) is 9.86. The van der Waals surface area contributed by atoms with Gasteiger partial charge in [-0.05, 0) is 54.1 Å². The summed E-state index contributed by atoms with van der Waals surface area (Å²) in [5, 5.41) is 3.00. The molecule has 3 aromatic rings. The summed E-state index contributed by atoms with van der Waals surface area (Å²) in [5.74, 6) is 1.73. The number of hydrogen-bond acceptors (Lipinski definition) is 4. The number of hydrogen-bond donors (Lipinski definition) is 1. The first kappa shape index (κ1) is 21.8. The van der Waals surface area contributed by atoms with Gasteiger partial charge in [0.2, 0.25) is 0 Å². The monoisotopic (exact) mass is 421 g/mol. The summed E-state index contributed by atoms with van der Waals surface area (Å²) < 4.78 is 11.6. The minimum Gasteiger partial charge on any atom is -0.496 e. The van der Waals surface area contributed by atoms with E-state index in [-0.39, 0.29) is 5.91 Å². The Labute approximate surface area is 182 Å². The predicted octanol–water partition coefficient (Wildman–Crippen LogP) is 6.37. The first-order valence-corrected chi connectivity index (χ1v) is 11.1. The van der Waals surface area contributed by atoms with E-state index in [4.69, 9.17) is 9.47 Å². The maximum absolute atomic E-state index is 12.8. The summed E-state index contributed by atoms with van der Waals surface area (Å²) in [5.41, 5.74) is 3.33. The van der Waals surface area contributed by atoms with Gasteiger partial charge in [-0.25, -0.2) is 0 Å². The van der Waals surface area contributed by atoms with Gasteiger partial charge in [0.1, 0.15) is 18.1 Å². The predicted molar refractivity (Wildman–Crippen MR) is 124 cm³/mol. The normalized spacial score (nSPS) is 10.7. The average molecular weight is 422 g/mol. The van der Waals surface area contributed by atoms with E-state index in [0.29, 0.717) is 23.8 Å². The highest BCUT2D eigenvalue weighted by molar-refractivity contribution is 7.98. The molecule has 0 radical (unpaired) electrons. The van der Waals surface area contributed by atoms with Crippen molar-refractivity contribution < 1.29 is 14.3 Å². The van der Waals surface area contributed by atoms with Gasteiger partial charge in [0, 0.05) is 16.0 Å². The van der Waals surface area contributed by atoms with E-state index in [0.717, 1.165) is 27.5 Å². The van der Waals surface area contributed by atoms with Crippen LogP contribution in [0, 0.1) is 0 Å². The van der Waals surface area contributed by atoms with Gasteiger partial charge in [-0.2, -0.15) is 0 Å². The molecule has 0 aliphatic rings. The maximum atomic E-state index is 12.8. The lowest BCUT2D eigenvalue weighted by molar-refractivity contribution is 0.102. The number of amides is 1. The number of nitrogens with one attached hydrogen (secondary N) is 1. The number of carbonyl (C=O) groups excluding carboxylic acids is 1. The Kier molecular flexibility index (Phi) is 7.41. The maximum Gasteiger partial charge on any atom is 0.255 e. The minimum atomic E-state index is -0.164. The lowest BCUT2D eigenvalue weighted by atomic mass is 10.0. The molecular formula is C25H27NO3S. The summed E-state index contributed by atoms with van der Waals surface area (Å²) in [4.78, 5) is 13.9. The Morgan fingerprint density at radius 2 is 1.73 bits per heavy atom. The molecule has 3 rings (SSSR count). The third-order valence-corrected chi connectivity index (χ3v) is 5.62. The summed E-state index contributed by atoms with van der Waals surface area (Å²) in [6.45, 7) is 4.59. The van der Waals surface area contributed by atoms with E-state index < -0.39 is 0 Å². The van der Waals surface area contributed by atoms with Gasteiger partial charge in [-0.1, -0.05) is 44.2 Å². The van der Waals surface area contributed by atoms with Gasteiger partial charge in [0.25, 0.3) is 5.91 Å². The number of benzene rings is 3. The van der Waals surface area contributed by atoms with Crippen LogP contribution in [-0.2, 0) is 6.61 Å². The fraction of sp³-hybridized carbons (Fsp3) is 0.240. The van der Waals surface area contributed by atoms with Crippen molar-refractivity contribution in [1.82, 2.24) is 0 Å². The van der Waals surface area contributed by atoms with E-state index in [2.05, 4.69) is 25.2 Å². The summed E-state index contributed by atoms with van der Waals surface area (Å²) in [6.07, 6.45) is 1.99. The van der Waals surface area contributed by atoms with E-state index in [1.165, 1.54) is 0 Å². The largest absolute Gasteiger partial charge is 0.496 e. The highest BCUT2D eigenvalue weighted by Crippen LogP contribution is 2.29. The fourth-order valence-corrected chi connectivity index (χ4v) is 3.77. The molecule has 0 aromatic heterocycles. The number of anilines is 1. The van der Waals surface area contributed by atoms with Crippen LogP contribution in [0.25, 0.3) is 0 Å². The Hall–Kier alpha value is -2.92. The molecule has 4 nitrogen and oxygen atoms in total. The zero-order valence-corrected chi connectivity index (χ0v) is 18.6. The molecule has 0 fully saturated rings. The van der Waals surface area contributed by atoms with Crippen molar-refractivity contribution in [3.8, 4) is 11.5 Å². The highest BCUT2D eigenvalue weighted by Gasteiger charge is 2.14. The molecule has 3 aromatic carbocycles. The first-order chi connectivity index (χ1) is 14.5. The third kappa shape index (κ3) is 5.16. The van der Waals surface area contributed by atoms with Crippen molar-refractivity contribution in [2.45, 2.75) is 31.3 Å². The van der Waals surface area contributed by atoms with E-state index in [1.807, 2.05) is 60.9 Å². The van der Waals surface area contributed by atoms with Gasteiger partial charge in [0.05, 0.1) is 12.8 Å². The van der Waals surface area contributed by atoms with Crippen LogP contribution >= 0.6 is 11.8 Å². The van der Waals surface area contributed by atoms with Gasteiger partial charge >= 0.3 is 0 Å². The fourth-order valence-electron chi connectivity index (χ4n) is 3.22. The number of rotatable bonds is 8. The molecule has 0 unspecified atom stereocenters. The molecule has 0 saturated carbocycles. The van der Waals surface area contributed by atoms with Crippen LogP contribution in [0.5, 0.6) is 11.5 Å². The summed E-state index contributed by atoms with van der Waals surface area (Å²) in [7, 11) is 1.62. The van der Waals surface area contributed by atoms with Crippen LogP contribution in [0.15, 0.2) is 71.6 Å². The second-order valence-electron chi connectivity index (χ2n) is 7.16. The van der Waals surface area contributed by atoms with Crippen molar-refractivity contribution in [1.29, 1.82) is 0 Å². The molecule has 0 heterocycles. The summed E-state index contributed by atoms with van der Waals surface area (Å²) >= 11 is 1.60. The van der Waals surface area contributed by atoms with Crippen molar-refractivity contribution in [3.63, 3.8) is 0 Å². The molecule has 5 heteroatoms. The molecule has 0 aliphatic heterocycles. The van der Waals surface area contributed by atoms with Crippen molar-refractivity contribution >= 4 is 23.4 Å². The van der Waals surface area contributed by atoms with Crippen LogP contribution in [0.1, 0.15) is 41.3 Å². The lowest BCUT2D eigenvalue weighted by Gasteiger charge is -2.16. The highest BCUT2D eigenvalue weighted by atomic mass is 32.2. The zero-order chi connectivity index (χ0) is 21.5. The molecule has 30 heavy (non-hydrogen) atoms. The second kappa shape index (κ2) is 10.2. The van der Waals surface area contributed by atoms with Crippen LogP contribution in [0.4, 0.5) is 5.69 Å². The molecule has 156 valence electrons. The zero-order valence-electron chi connectivity index (χ0n) is 17.8. The van der Waals surface area contributed by atoms with Crippen LogP contribution in [0.3, 0.4) is 0 Å². The molecule has 0 bridgehead atoms. The van der Waals surface area contributed by atoms with Gasteiger partial charge in [-0.3, -0.25) is 4.79 Å². The molecule has 0 saturated heterocycles. The Morgan fingerprint density at radius 1 is 1.00 bits per heavy atom. The van der Waals surface area contributed by atoms with Crippen LogP contribution in [0.2, 0.25) is 0 Å². The molecule has 1 amide bonds. The van der Waals surface area contributed by atoms with Crippen molar-refractivity contribution in [3.05, 3.63) is 83.4 Å². The number of thioether (sulfide) groups is 1. The molecule has 1 N–H and O–H groups in total. The minimum absolute atomic E-state index is 0.164. The molecule has 0 aliphatic carbocycles. The van der Waals surface area contributed by atoms with Gasteiger partial charge in [0.15, 0.2) is 0 Å². The number of para-hydroxylation sites is 2. The number of ether oxygens (including phenoxy) is 2. The Balaban J connectivity index is 1.81. The smallest absolute Gasteiger partial charge is 0.255 e. The van der Waals surface area contributed by atoms with Gasteiger partial charge in [-0.15, -0.1) is 11.8 Å². The summed E-state index contributed by atoms with van der Waals surface area (Å²) in [6, 6.07) is 21.2. The van der Waals surface area contributed by atoms with E-state index in [1.54, 1.807) is 24.9 Å². The molecule has 0 spiro atoms. The van der Waals surface area contributed by atoms with Crippen molar-refractivity contribution in [2.24, 2.45) is 0 Å². The second-order valence-corrected chi connectivity index (χ2v) is 8.01. The number of methoxy groups -OCH3 is 1. The topological polar surface area (TPSA) is 47.6 Å². The SMILES string of the molecule is COc1ccc(C(=O)Nc2ccccc2SC)cc1COc1ccccc1C(C)C. The van der Waals surface area contributed by atoms with Crippen molar-refractivity contribution in [2.75, 3.05) is 18.7 Å². The lowest BCUT2D eigenvalue weighted by Crippen LogP contribution is -2.13. The Morgan fingerprint density at radius 3 is 2.47 bits per heavy atom. The van der Waals surface area contributed by atoms with E-state index >= 15 is 0 Å². The van der Waals surface area contributed by atoms with Gasteiger partial charge < -0.3 is 14.8 Å². The quantitative estimate of drug-likeness (QED) is 0.429. The van der Waals surface area contributed by atoms with E-state index in [9.17, 15) is 4.79 Å². The van der Waals surface area contributed by atoms with Crippen LogP contribution in [-0.4, -0.2) is 19.3 Å². The van der Waals surface area contributed by atoms with Crippen LogP contribution < -0.4 is 14.8 Å². The molecule has 0 atom stereocenters.